The van der Waals surface area contributed by atoms with E-state index in [0.717, 1.165) is 6.42 Å². The standard InChI is InChI=1S/C13H20O4/c1-8(2)16-12(14)10-6-5-7-11(10)13(15)17-9(3)4/h8-9H,5-7H2,1-4H3. The van der Waals surface area contributed by atoms with Gasteiger partial charge in [0.25, 0.3) is 0 Å². The molecule has 0 amide bonds. The van der Waals surface area contributed by atoms with Crippen molar-refractivity contribution >= 4 is 11.9 Å². The Hall–Kier alpha value is -1.32. The van der Waals surface area contributed by atoms with Gasteiger partial charge in [0.1, 0.15) is 0 Å². The van der Waals surface area contributed by atoms with Crippen LogP contribution in [0.4, 0.5) is 0 Å². The molecule has 0 spiro atoms. The molecule has 4 heteroatoms. The Kier molecular flexibility index (Phi) is 4.73. The Morgan fingerprint density at radius 2 is 1.24 bits per heavy atom. The zero-order valence-corrected chi connectivity index (χ0v) is 10.9. The molecule has 0 radical (unpaired) electrons. The van der Waals surface area contributed by atoms with E-state index < -0.39 is 0 Å². The van der Waals surface area contributed by atoms with E-state index >= 15 is 0 Å². The van der Waals surface area contributed by atoms with Gasteiger partial charge in [-0.05, 0) is 47.0 Å². The fourth-order valence-electron chi connectivity index (χ4n) is 1.76. The van der Waals surface area contributed by atoms with Crippen LogP contribution in [-0.2, 0) is 19.1 Å². The maximum absolute atomic E-state index is 11.8. The normalized spacial score (nSPS) is 15.6. The third kappa shape index (κ3) is 3.88. The zero-order valence-electron chi connectivity index (χ0n) is 10.9. The minimum absolute atomic E-state index is 0.169. The molecule has 0 fully saturated rings. The van der Waals surface area contributed by atoms with Crippen LogP contribution in [0.15, 0.2) is 11.1 Å². The second kappa shape index (κ2) is 5.84. The highest BCUT2D eigenvalue weighted by atomic mass is 16.5. The van der Waals surface area contributed by atoms with Gasteiger partial charge < -0.3 is 9.47 Å². The number of hydrogen-bond donors (Lipinski definition) is 0. The molecule has 1 aliphatic carbocycles. The highest BCUT2D eigenvalue weighted by molar-refractivity contribution is 6.01. The van der Waals surface area contributed by atoms with Crippen LogP contribution in [-0.4, -0.2) is 24.1 Å². The van der Waals surface area contributed by atoms with Gasteiger partial charge in [0.2, 0.25) is 0 Å². The number of ether oxygens (including phenoxy) is 2. The molecule has 0 atom stereocenters. The molecule has 0 saturated carbocycles. The molecule has 96 valence electrons. The molecule has 17 heavy (non-hydrogen) atoms. The minimum Gasteiger partial charge on any atom is -0.460 e. The largest absolute Gasteiger partial charge is 0.460 e. The van der Waals surface area contributed by atoms with Crippen molar-refractivity contribution in [1.29, 1.82) is 0 Å². The molecule has 0 saturated heterocycles. The Morgan fingerprint density at radius 1 is 0.882 bits per heavy atom. The molecule has 0 N–H and O–H groups in total. The molecule has 0 heterocycles. The number of rotatable bonds is 4. The van der Waals surface area contributed by atoms with Gasteiger partial charge in [-0.2, -0.15) is 0 Å². The highest BCUT2D eigenvalue weighted by Gasteiger charge is 2.28. The molecule has 0 aromatic heterocycles. The molecular formula is C13H20O4. The molecular weight excluding hydrogens is 220 g/mol. The topological polar surface area (TPSA) is 52.6 Å². The third-order valence-corrected chi connectivity index (χ3v) is 2.40. The highest BCUT2D eigenvalue weighted by Crippen LogP contribution is 2.28. The second-order valence-electron chi connectivity index (χ2n) is 4.72. The van der Waals surface area contributed by atoms with Crippen molar-refractivity contribution in [2.24, 2.45) is 0 Å². The summed E-state index contributed by atoms with van der Waals surface area (Å²) >= 11 is 0. The molecule has 0 aromatic carbocycles. The Labute approximate surface area is 102 Å². The van der Waals surface area contributed by atoms with E-state index in [1.165, 1.54) is 0 Å². The summed E-state index contributed by atoms with van der Waals surface area (Å²) in [6, 6.07) is 0. The lowest BCUT2D eigenvalue weighted by molar-refractivity contribution is -0.146. The van der Waals surface area contributed by atoms with E-state index in [1.54, 1.807) is 27.7 Å². The summed E-state index contributed by atoms with van der Waals surface area (Å²) in [5, 5.41) is 0. The average Bonchev–Trinajstić information content (AvgIpc) is 2.63. The van der Waals surface area contributed by atoms with Gasteiger partial charge in [-0.1, -0.05) is 0 Å². The number of carbonyl (C=O) groups excluding carboxylic acids is 2. The van der Waals surface area contributed by atoms with E-state index in [9.17, 15) is 9.59 Å². The predicted octanol–water partition coefficient (Wildman–Crippen LogP) is 2.37. The average molecular weight is 240 g/mol. The number of esters is 2. The fourth-order valence-corrected chi connectivity index (χ4v) is 1.76. The zero-order chi connectivity index (χ0) is 13.0. The van der Waals surface area contributed by atoms with Crippen molar-refractivity contribution in [3.8, 4) is 0 Å². The number of carbonyl (C=O) groups is 2. The first-order valence-corrected chi connectivity index (χ1v) is 6.05. The van der Waals surface area contributed by atoms with Crippen LogP contribution in [0.5, 0.6) is 0 Å². The Morgan fingerprint density at radius 3 is 1.53 bits per heavy atom. The summed E-state index contributed by atoms with van der Waals surface area (Å²) in [5.74, 6) is -0.763. The molecule has 1 aliphatic rings. The monoisotopic (exact) mass is 240 g/mol. The molecule has 0 aromatic rings. The van der Waals surface area contributed by atoms with Crippen molar-refractivity contribution in [3.63, 3.8) is 0 Å². The second-order valence-corrected chi connectivity index (χ2v) is 4.72. The summed E-state index contributed by atoms with van der Waals surface area (Å²) in [7, 11) is 0. The van der Waals surface area contributed by atoms with E-state index in [2.05, 4.69) is 0 Å². The van der Waals surface area contributed by atoms with Crippen molar-refractivity contribution in [1.82, 2.24) is 0 Å². The summed E-state index contributed by atoms with van der Waals surface area (Å²) in [6.07, 6.45) is 1.68. The van der Waals surface area contributed by atoms with Crippen LogP contribution in [0.3, 0.4) is 0 Å². The van der Waals surface area contributed by atoms with Crippen LogP contribution in [0.2, 0.25) is 0 Å². The summed E-state index contributed by atoms with van der Waals surface area (Å²) in [4.78, 5) is 23.5. The minimum atomic E-state index is -0.381. The van der Waals surface area contributed by atoms with Crippen LogP contribution in [0.25, 0.3) is 0 Å². The van der Waals surface area contributed by atoms with Crippen molar-refractivity contribution in [2.45, 2.75) is 59.2 Å². The first kappa shape index (κ1) is 13.7. The van der Waals surface area contributed by atoms with Crippen LogP contribution < -0.4 is 0 Å². The van der Waals surface area contributed by atoms with E-state index in [-0.39, 0.29) is 24.1 Å². The van der Waals surface area contributed by atoms with E-state index in [4.69, 9.17) is 9.47 Å². The van der Waals surface area contributed by atoms with Gasteiger partial charge in [0.05, 0.1) is 12.2 Å². The van der Waals surface area contributed by atoms with Gasteiger partial charge in [0, 0.05) is 11.1 Å². The van der Waals surface area contributed by atoms with Gasteiger partial charge in [-0.25, -0.2) is 9.59 Å². The fraction of sp³-hybridized carbons (Fsp3) is 0.692. The van der Waals surface area contributed by atoms with Crippen molar-refractivity contribution in [2.75, 3.05) is 0 Å². The molecule has 1 rings (SSSR count). The van der Waals surface area contributed by atoms with Gasteiger partial charge in [-0.3, -0.25) is 0 Å². The third-order valence-electron chi connectivity index (χ3n) is 2.40. The lowest BCUT2D eigenvalue weighted by Gasteiger charge is -2.12. The van der Waals surface area contributed by atoms with Gasteiger partial charge >= 0.3 is 11.9 Å². The van der Waals surface area contributed by atoms with Gasteiger partial charge in [0.15, 0.2) is 0 Å². The molecule has 0 unspecified atom stereocenters. The molecule has 0 aliphatic heterocycles. The Bertz CT molecular complexity index is 307. The Balaban J connectivity index is 2.79. The lowest BCUT2D eigenvalue weighted by Crippen LogP contribution is -2.18. The smallest absolute Gasteiger partial charge is 0.334 e. The SMILES string of the molecule is CC(C)OC(=O)C1=C(C(=O)OC(C)C)CCC1. The first-order chi connectivity index (χ1) is 7.91. The van der Waals surface area contributed by atoms with E-state index in [1.807, 2.05) is 0 Å². The summed E-state index contributed by atoms with van der Waals surface area (Å²) in [6.45, 7) is 7.16. The van der Waals surface area contributed by atoms with Crippen LogP contribution in [0, 0.1) is 0 Å². The van der Waals surface area contributed by atoms with Crippen molar-refractivity contribution in [3.05, 3.63) is 11.1 Å². The van der Waals surface area contributed by atoms with Gasteiger partial charge in [-0.15, -0.1) is 0 Å². The quantitative estimate of drug-likeness (QED) is 0.708. The van der Waals surface area contributed by atoms with E-state index in [0.29, 0.717) is 24.0 Å². The number of hydrogen-bond acceptors (Lipinski definition) is 4. The summed E-state index contributed by atoms with van der Waals surface area (Å²) < 4.78 is 10.2. The maximum Gasteiger partial charge on any atom is 0.334 e. The lowest BCUT2D eigenvalue weighted by atomic mass is 10.1. The molecule has 4 nitrogen and oxygen atoms in total. The maximum atomic E-state index is 11.8. The molecule has 0 bridgehead atoms. The first-order valence-electron chi connectivity index (χ1n) is 6.05. The summed E-state index contributed by atoms with van der Waals surface area (Å²) in [5.41, 5.74) is 0.980. The van der Waals surface area contributed by atoms with Crippen molar-refractivity contribution < 1.29 is 19.1 Å². The van der Waals surface area contributed by atoms with Crippen LogP contribution in [0.1, 0.15) is 47.0 Å². The van der Waals surface area contributed by atoms with Crippen LogP contribution >= 0.6 is 0 Å². The predicted molar refractivity (Wildman–Crippen MR) is 63.3 cm³/mol.